The summed E-state index contributed by atoms with van der Waals surface area (Å²) in [5, 5.41) is 2.97. The third-order valence-corrected chi connectivity index (χ3v) is 4.00. The lowest BCUT2D eigenvalue weighted by molar-refractivity contribution is -0.118. The first-order chi connectivity index (χ1) is 10.9. The van der Waals surface area contributed by atoms with Crippen LogP contribution in [0.4, 0.5) is 0 Å². The van der Waals surface area contributed by atoms with Crippen LogP contribution in [0.2, 0.25) is 10.0 Å². The highest BCUT2D eigenvalue weighted by Gasteiger charge is 2.21. The van der Waals surface area contributed by atoms with Crippen LogP contribution >= 0.6 is 23.2 Å². The molecule has 23 heavy (non-hydrogen) atoms. The molecule has 0 bridgehead atoms. The van der Waals surface area contributed by atoms with Crippen molar-refractivity contribution in [2.75, 3.05) is 6.54 Å². The molecule has 2 rings (SSSR count). The summed E-state index contributed by atoms with van der Waals surface area (Å²) in [4.78, 5) is 23.7. The van der Waals surface area contributed by atoms with Crippen LogP contribution in [0.3, 0.4) is 0 Å². The van der Waals surface area contributed by atoms with Gasteiger partial charge in [0.25, 0.3) is 5.91 Å². The number of halogens is 2. The van der Waals surface area contributed by atoms with Crippen molar-refractivity contribution in [3.05, 3.63) is 58.1 Å². The van der Waals surface area contributed by atoms with E-state index in [2.05, 4.69) is 5.32 Å². The Morgan fingerprint density at radius 2 is 1.65 bits per heavy atom. The fourth-order valence-electron chi connectivity index (χ4n) is 2.14. The third-order valence-electron chi connectivity index (χ3n) is 3.41. The predicted molar refractivity (Wildman–Crippen MR) is 92.9 cm³/mol. The summed E-state index contributed by atoms with van der Waals surface area (Å²) < 4.78 is 0. The van der Waals surface area contributed by atoms with Gasteiger partial charge in [-0.1, -0.05) is 53.5 Å². The standard InChI is InChI=1S/C17H16Cl2N2O2/c1-10(22)15(9-20)21-17(23)16-13(18)7-12(8-14(16)19)11-5-3-2-4-6-11/h2-8,15H,9,20H2,1H3,(H,21,23)/t15-/m0/s1. The summed E-state index contributed by atoms with van der Waals surface area (Å²) in [5.74, 6) is -0.751. The Kier molecular flexibility index (Phi) is 5.77. The number of hydrogen-bond acceptors (Lipinski definition) is 3. The smallest absolute Gasteiger partial charge is 0.254 e. The second kappa shape index (κ2) is 7.59. The van der Waals surface area contributed by atoms with E-state index in [0.29, 0.717) is 0 Å². The van der Waals surface area contributed by atoms with Gasteiger partial charge in [0.2, 0.25) is 0 Å². The monoisotopic (exact) mass is 350 g/mol. The highest BCUT2D eigenvalue weighted by Crippen LogP contribution is 2.31. The van der Waals surface area contributed by atoms with Gasteiger partial charge in [-0.3, -0.25) is 9.59 Å². The van der Waals surface area contributed by atoms with E-state index in [9.17, 15) is 9.59 Å². The molecule has 0 aliphatic rings. The second-order valence-electron chi connectivity index (χ2n) is 5.05. The van der Waals surface area contributed by atoms with Crippen LogP contribution in [0.1, 0.15) is 17.3 Å². The second-order valence-corrected chi connectivity index (χ2v) is 5.87. The van der Waals surface area contributed by atoms with E-state index in [1.165, 1.54) is 6.92 Å². The van der Waals surface area contributed by atoms with Crippen molar-refractivity contribution < 1.29 is 9.59 Å². The lowest BCUT2D eigenvalue weighted by atomic mass is 10.0. The van der Waals surface area contributed by atoms with E-state index in [-0.39, 0.29) is 27.9 Å². The van der Waals surface area contributed by atoms with E-state index in [1.807, 2.05) is 30.3 Å². The molecule has 6 heteroatoms. The number of nitrogens with two attached hydrogens (primary N) is 1. The van der Waals surface area contributed by atoms with Crippen LogP contribution in [0.25, 0.3) is 11.1 Å². The molecule has 0 saturated carbocycles. The van der Waals surface area contributed by atoms with Gasteiger partial charge in [-0.15, -0.1) is 0 Å². The fraction of sp³-hybridized carbons (Fsp3) is 0.176. The van der Waals surface area contributed by atoms with Crippen LogP contribution in [-0.4, -0.2) is 24.3 Å². The summed E-state index contributed by atoms with van der Waals surface area (Å²) in [6.07, 6.45) is 0. The first kappa shape index (κ1) is 17.5. The van der Waals surface area contributed by atoms with Gasteiger partial charge in [-0.25, -0.2) is 0 Å². The van der Waals surface area contributed by atoms with E-state index < -0.39 is 11.9 Å². The average Bonchev–Trinajstić information content (AvgIpc) is 2.52. The molecule has 4 nitrogen and oxygen atoms in total. The minimum atomic E-state index is -0.761. The Labute approximate surface area is 144 Å². The number of benzene rings is 2. The summed E-state index contributed by atoms with van der Waals surface area (Å²) in [7, 11) is 0. The molecule has 0 aliphatic heterocycles. The van der Waals surface area contributed by atoms with Crippen LogP contribution in [-0.2, 0) is 4.79 Å². The molecule has 2 aromatic rings. The number of nitrogens with one attached hydrogen (secondary N) is 1. The van der Waals surface area contributed by atoms with Crippen LogP contribution in [0, 0.1) is 0 Å². The number of rotatable bonds is 5. The Hall–Kier alpha value is -1.88. The molecule has 0 spiro atoms. The molecule has 1 atom stereocenters. The zero-order valence-electron chi connectivity index (χ0n) is 12.5. The Balaban J connectivity index is 2.34. The molecule has 3 N–H and O–H groups in total. The molecule has 0 saturated heterocycles. The molecule has 0 radical (unpaired) electrons. The Morgan fingerprint density at radius 1 is 1.09 bits per heavy atom. The number of carbonyl (C=O) groups is 2. The SMILES string of the molecule is CC(=O)[C@H](CN)NC(=O)c1c(Cl)cc(-c2ccccc2)cc1Cl. The Bertz CT molecular complexity index is 710. The van der Waals surface area contributed by atoms with E-state index in [4.69, 9.17) is 28.9 Å². The third kappa shape index (κ3) is 4.10. The van der Waals surface area contributed by atoms with Gasteiger partial charge in [0.15, 0.2) is 5.78 Å². The highest BCUT2D eigenvalue weighted by molar-refractivity contribution is 6.40. The summed E-state index contributed by atoms with van der Waals surface area (Å²) >= 11 is 12.4. The van der Waals surface area contributed by atoms with Crippen molar-refractivity contribution in [2.45, 2.75) is 13.0 Å². The Morgan fingerprint density at radius 3 is 2.13 bits per heavy atom. The minimum absolute atomic E-state index is 0.0123. The van der Waals surface area contributed by atoms with Crippen molar-refractivity contribution in [3.63, 3.8) is 0 Å². The first-order valence-electron chi connectivity index (χ1n) is 7.00. The van der Waals surface area contributed by atoms with Gasteiger partial charge >= 0.3 is 0 Å². The molecular formula is C17H16Cl2N2O2. The molecule has 0 aliphatic carbocycles. The van der Waals surface area contributed by atoms with Gasteiger partial charge < -0.3 is 11.1 Å². The van der Waals surface area contributed by atoms with Gasteiger partial charge in [0.05, 0.1) is 21.7 Å². The van der Waals surface area contributed by atoms with E-state index >= 15 is 0 Å². The lowest BCUT2D eigenvalue weighted by Gasteiger charge is -2.15. The van der Waals surface area contributed by atoms with Crippen molar-refractivity contribution >= 4 is 34.9 Å². The number of carbonyl (C=O) groups excluding carboxylic acids is 2. The molecule has 0 aromatic heterocycles. The van der Waals surface area contributed by atoms with E-state index in [0.717, 1.165) is 11.1 Å². The number of ketones is 1. The summed E-state index contributed by atoms with van der Waals surface area (Å²) in [6, 6.07) is 12.1. The quantitative estimate of drug-likeness (QED) is 0.868. The van der Waals surface area contributed by atoms with Crippen molar-refractivity contribution in [2.24, 2.45) is 5.73 Å². The average molecular weight is 351 g/mol. The minimum Gasteiger partial charge on any atom is -0.341 e. The maximum atomic E-state index is 12.3. The van der Waals surface area contributed by atoms with Gasteiger partial charge in [0, 0.05) is 6.54 Å². The van der Waals surface area contributed by atoms with Crippen molar-refractivity contribution in [1.29, 1.82) is 0 Å². The van der Waals surface area contributed by atoms with Crippen molar-refractivity contribution in [3.8, 4) is 11.1 Å². The number of hydrogen-bond donors (Lipinski definition) is 2. The lowest BCUT2D eigenvalue weighted by Crippen LogP contribution is -2.45. The molecule has 1 amide bonds. The maximum absolute atomic E-state index is 12.3. The normalized spacial score (nSPS) is 11.8. The van der Waals surface area contributed by atoms with Crippen LogP contribution < -0.4 is 11.1 Å². The predicted octanol–water partition coefficient (Wildman–Crippen LogP) is 3.31. The van der Waals surface area contributed by atoms with Crippen LogP contribution in [0.5, 0.6) is 0 Å². The number of Topliss-reactive ketones (excluding diaryl/α,β-unsaturated/α-hetero) is 1. The topological polar surface area (TPSA) is 72.2 Å². The fourth-order valence-corrected chi connectivity index (χ4v) is 2.80. The van der Waals surface area contributed by atoms with Gasteiger partial charge in [-0.2, -0.15) is 0 Å². The number of amides is 1. The molecular weight excluding hydrogens is 335 g/mol. The van der Waals surface area contributed by atoms with Gasteiger partial charge in [-0.05, 0) is 30.2 Å². The summed E-state index contributed by atoms with van der Waals surface area (Å²) in [6.45, 7) is 1.37. The molecule has 120 valence electrons. The maximum Gasteiger partial charge on any atom is 0.254 e. The zero-order valence-corrected chi connectivity index (χ0v) is 14.0. The zero-order chi connectivity index (χ0) is 17.0. The van der Waals surface area contributed by atoms with Crippen LogP contribution in [0.15, 0.2) is 42.5 Å². The highest BCUT2D eigenvalue weighted by atomic mass is 35.5. The van der Waals surface area contributed by atoms with E-state index in [1.54, 1.807) is 12.1 Å². The summed E-state index contributed by atoms with van der Waals surface area (Å²) in [5.41, 5.74) is 7.35. The first-order valence-corrected chi connectivity index (χ1v) is 7.75. The van der Waals surface area contributed by atoms with Crippen molar-refractivity contribution in [1.82, 2.24) is 5.32 Å². The van der Waals surface area contributed by atoms with Gasteiger partial charge in [0.1, 0.15) is 0 Å². The molecule has 0 fully saturated rings. The molecule has 0 heterocycles. The largest absolute Gasteiger partial charge is 0.341 e. The molecule has 2 aromatic carbocycles. The molecule has 0 unspecified atom stereocenters.